The molecule has 0 atom stereocenters. The Kier molecular flexibility index (Phi) is 35.7. The van der Waals surface area contributed by atoms with Crippen molar-refractivity contribution < 1.29 is 0 Å². The van der Waals surface area contributed by atoms with Crippen molar-refractivity contribution in [3.63, 3.8) is 0 Å². The Morgan fingerprint density at radius 3 is 0.591 bits per heavy atom. The van der Waals surface area contributed by atoms with Crippen molar-refractivity contribution in [2.45, 2.75) is 311 Å². The van der Waals surface area contributed by atoms with Crippen LogP contribution in [-0.2, 0) is 38.5 Å². The van der Waals surface area contributed by atoms with E-state index in [9.17, 15) is 0 Å². The highest BCUT2D eigenvalue weighted by atomic mass is 15.3. The van der Waals surface area contributed by atoms with E-state index >= 15 is 0 Å². The quantitative estimate of drug-likeness (QED) is 0.0343. The summed E-state index contributed by atoms with van der Waals surface area (Å²) in [6.45, 7) is 13.8. The molecule has 0 radical (unpaired) electrons. The van der Waals surface area contributed by atoms with E-state index in [1.54, 1.807) is 0 Å². The fraction of sp³-hybridized carbons (Fsp3) is 0.578. The van der Waals surface area contributed by atoms with Crippen molar-refractivity contribution in [3.05, 3.63) is 155 Å². The largest absolute Gasteiger partial charge is 0.279 e. The van der Waals surface area contributed by atoms with Gasteiger partial charge < -0.3 is 0 Å². The lowest BCUT2D eigenvalue weighted by atomic mass is 10.0. The molecule has 7 aromatic heterocycles. The van der Waals surface area contributed by atoms with Crippen LogP contribution >= 0.6 is 0 Å². The van der Waals surface area contributed by atoms with Gasteiger partial charge in [-0.3, -0.25) is 14.7 Å². The van der Waals surface area contributed by atoms with Crippen LogP contribution < -0.4 is 14.7 Å². The van der Waals surface area contributed by atoms with Crippen molar-refractivity contribution in [1.29, 1.82) is 0 Å². The molecule has 0 aliphatic rings. The molecule has 0 amide bonds. The Hall–Kier alpha value is -6.55. The van der Waals surface area contributed by atoms with Gasteiger partial charge in [0.25, 0.3) is 0 Å². The van der Waals surface area contributed by atoms with E-state index in [-0.39, 0.29) is 0 Å². The van der Waals surface area contributed by atoms with Gasteiger partial charge in [-0.1, -0.05) is 234 Å². The average molecular weight is 1260 g/mol. The van der Waals surface area contributed by atoms with Gasteiger partial charge in [-0.05, 0) is 183 Å². The standard InChI is InChI=1S/C83H122N10/c1-7-13-19-25-31-37-43-69-49-55-84-76(61-69)91(77-62-70(50-56-85-77)44-38-32-26-20-14-8-2)75-67-82(92(78-63-71(51-57-86-78)45-39-33-27-21-15-9-3)79-64-72(52-58-87-79)46-40-34-28-22-16-10-4)90-83(68-75)93(80-65-73(53-59-88-80)47-41-35-29-23-17-11-5)81-66-74(54-60-89-81)48-42-36-30-24-18-12-6/h49-68H,7-48H2,1-6H3. The summed E-state index contributed by atoms with van der Waals surface area (Å²) in [6.07, 6.45) is 62.6. The Labute approximate surface area is 565 Å². The van der Waals surface area contributed by atoms with Gasteiger partial charge in [0.15, 0.2) is 0 Å². The second-order valence-electron chi connectivity index (χ2n) is 26.8. The molecule has 10 heteroatoms. The fourth-order valence-corrected chi connectivity index (χ4v) is 13.0. The number of unbranched alkanes of at least 4 members (excludes halogenated alkanes) is 30. The van der Waals surface area contributed by atoms with Gasteiger partial charge in [0.1, 0.15) is 46.5 Å². The van der Waals surface area contributed by atoms with Crippen molar-refractivity contribution in [1.82, 2.24) is 34.9 Å². The van der Waals surface area contributed by atoms with Gasteiger partial charge in [0.2, 0.25) is 0 Å². The minimum atomic E-state index is 0.684. The maximum Gasteiger partial charge on any atom is 0.144 e. The summed E-state index contributed by atoms with van der Waals surface area (Å²) in [5.41, 5.74) is 8.47. The van der Waals surface area contributed by atoms with E-state index in [0.717, 1.165) is 118 Å². The zero-order valence-electron chi connectivity index (χ0n) is 59.2. The summed E-state index contributed by atoms with van der Waals surface area (Å²) in [4.78, 5) is 44.5. The lowest BCUT2D eigenvalue weighted by Gasteiger charge is -2.30. The normalized spacial score (nSPS) is 11.4. The molecule has 0 fully saturated rings. The van der Waals surface area contributed by atoms with E-state index in [1.165, 1.54) is 226 Å². The molecule has 0 aliphatic carbocycles. The number of aromatic nitrogens is 7. The van der Waals surface area contributed by atoms with Crippen LogP contribution in [0.1, 0.15) is 306 Å². The van der Waals surface area contributed by atoms with Gasteiger partial charge in [-0.2, -0.15) is 0 Å². The average Bonchev–Trinajstić information content (AvgIpc) is 0.783. The highest BCUT2D eigenvalue weighted by Gasteiger charge is 2.27. The molecule has 0 spiro atoms. The van der Waals surface area contributed by atoms with Crippen LogP contribution in [0, 0.1) is 0 Å². The Morgan fingerprint density at radius 1 is 0.204 bits per heavy atom. The summed E-state index contributed by atoms with van der Waals surface area (Å²) in [5.74, 6) is 6.15. The second-order valence-corrected chi connectivity index (χ2v) is 26.8. The minimum absolute atomic E-state index is 0.684. The lowest BCUT2D eigenvalue weighted by Crippen LogP contribution is -2.21. The molecule has 0 aliphatic heterocycles. The molecular weight excluding hydrogens is 1140 g/mol. The first-order valence-electron chi connectivity index (χ1n) is 38.1. The van der Waals surface area contributed by atoms with Crippen molar-refractivity contribution in [2.24, 2.45) is 0 Å². The number of pyridine rings is 7. The molecule has 0 unspecified atom stereocenters. The van der Waals surface area contributed by atoms with Crippen LogP contribution in [0.5, 0.6) is 0 Å². The number of rotatable bonds is 51. The van der Waals surface area contributed by atoms with Crippen LogP contribution in [0.25, 0.3) is 0 Å². The third-order valence-electron chi connectivity index (χ3n) is 18.6. The molecule has 0 N–H and O–H groups in total. The summed E-state index contributed by atoms with van der Waals surface area (Å²) in [6, 6.07) is 31.5. The molecular formula is C83H122N10. The first kappa shape index (κ1) is 73.9. The molecule has 0 saturated carbocycles. The van der Waals surface area contributed by atoms with Gasteiger partial charge in [0, 0.05) is 49.3 Å². The summed E-state index contributed by atoms with van der Waals surface area (Å²) in [5, 5.41) is 0. The minimum Gasteiger partial charge on any atom is -0.279 e. The van der Waals surface area contributed by atoms with Crippen LogP contribution in [0.15, 0.2) is 122 Å². The maximum atomic E-state index is 5.95. The zero-order chi connectivity index (χ0) is 65.2. The highest BCUT2D eigenvalue weighted by Crippen LogP contribution is 2.43. The summed E-state index contributed by atoms with van der Waals surface area (Å²) in [7, 11) is 0. The maximum absolute atomic E-state index is 5.95. The summed E-state index contributed by atoms with van der Waals surface area (Å²) >= 11 is 0. The van der Waals surface area contributed by atoms with E-state index in [2.05, 4.69) is 141 Å². The SMILES string of the molecule is CCCCCCCCc1ccnc(N(c2cc(N(c3cc(CCCCCCCC)ccn3)c3cc(CCCCCCCC)ccn3)nc(N(c3cc(CCCCCCCC)ccn3)c3cc(CCCCCCCC)ccn3)c2)c2cc(CCCCCCCC)ccn2)c1. The van der Waals surface area contributed by atoms with E-state index < -0.39 is 0 Å². The molecule has 7 heterocycles. The first-order chi connectivity index (χ1) is 45.9. The highest BCUT2D eigenvalue weighted by molar-refractivity contribution is 5.83. The predicted octanol–water partition coefficient (Wildman–Crippen LogP) is 25.3. The van der Waals surface area contributed by atoms with E-state index in [1.807, 2.05) is 37.2 Å². The van der Waals surface area contributed by atoms with Gasteiger partial charge in [0.05, 0.1) is 5.69 Å². The number of aryl methyl sites for hydroxylation is 6. The molecule has 0 aromatic carbocycles. The molecule has 7 aromatic rings. The monoisotopic (exact) mass is 1260 g/mol. The Morgan fingerprint density at radius 2 is 0.387 bits per heavy atom. The zero-order valence-corrected chi connectivity index (χ0v) is 59.2. The number of hydrogen-bond donors (Lipinski definition) is 0. The van der Waals surface area contributed by atoms with E-state index in [0.29, 0.717) is 11.6 Å². The van der Waals surface area contributed by atoms with Crippen LogP contribution in [-0.4, -0.2) is 34.9 Å². The molecule has 504 valence electrons. The van der Waals surface area contributed by atoms with Gasteiger partial charge >= 0.3 is 0 Å². The van der Waals surface area contributed by atoms with Crippen molar-refractivity contribution in [2.75, 3.05) is 14.7 Å². The van der Waals surface area contributed by atoms with Gasteiger partial charge in [-0.25, -0.2) is 34.9 Å². The molecule has 93 heavy (non-hydrogen) atoms. The van der Waals surface area contributed by atoms with Gasteiger partial charge in [-0.15, -0.1) is 0 Å². The second kappa shape index (κ2) is 44.9. The Balaban J connectivity index is 1.47. The van der Waals surface area contributed by atoms with Crippen LogP contribution in [0.2, 0.25) is 0 Å². The van der Waals surface area contributed by atoms with E-state index in [4.69, 9.17) is 34.9 Å². The Bertz CT molecular complexity index is 2590. The molecule has 0 bridgehead atoms. The van der Waals surface area contributed by atoms with Crippen LogP contribution in [0.4, 0.5) is 52.2 Å². The molecule has 7 rings (SSSR count). The number of anilines is 9. The molecule has 0 saturated heterocycles. The van der Waals surface area contributed by atoms with Crippen LogP contribution in [0.3, 0.4) is 0 Å². The topological polar surface area (TPSA) is 100.0 Å². The van der Waals surface area contributed by atoms with Crippen molar-refractivity contribution in [3.8, 4) is 0 Å². The number of hydrogen-bond acceptors (Lipinski definition) is 10. The fourth-order valence-electron chi connectivity index (χ4n) is 13.0. The first-order valence-corrected chi connectivity index (χ1v) is 38.1. The lowest BCUT2D eigenvalue weighted by molar-refractivity contribution is 0.607. The predicted molar refractivity (Wildman–Crippen MR) is 398 cm³/mol. The summed E-state index contributed by atoms with van der Waals surface area (Å²) < 4.78 is 0. The third-order valence-corrected chi connectivity index (χ3v) is 18.6. The third kappa shape index (κ3) is 26.6. The van der Waals surface area contributed by atoms with Crippen molar-refractivity contribution >= 4 is 52.2 Å². The molecule has 10 nitrogen and oxygen atoms in total. The number of nitrogens with zero attached hydrogens (tertiary/aromatic N) is 10. The smallest absolute Gasteiger partial charge is 0.144 e.